The Bertz CT molecular complexity index is 414. The van der Waals surface area contributed by atoms with Gasteiger partial charge in [-0.2, -0.15) is 0 Å². The van der Waals surface area contributed by atoms with Crippen molar-refractivity contribution in [3.63, 3.8) is 0 Å². The van der Waals surface area contributed by atoms with E-state index in [1.54, 1.807) is 57.8 Å². The van der Waals surface area contributed by atoms with Crippen LogP contribution in [-0.4, -0.2) is 7.35 Å². The Hall–Kier alpha value is 0.730. The molecule has 1 spiro atoms. The Balaban J connectivity index is 1.53. The first-order valence-corrected chi connectivity index (χ1v) is 11.8. The molecule has 1 heteroatoms. The molecule has 2 saturated heterocycles. The average Bonchev–Trinajstić information content (AvgIpc) is 3.34. The van der Waals surface area contributed by atoms with Crippen LogP contribution in [0.25, 0.3) is 0 Å². The Labute approximate surface area is 135 Å². The zero-order chi connectivity index (χ0) is 13.4. The summed E-state index contributed by atoms with van der Waals surface area (Å²) in [5.74, 6) is 4.85. The van der Waals surface area contributed by atoms with Crippen molar-refractivity contribution in [3.8, 4) is 0 Å². The number of hydrogen-bond acceptors (Lipinski definition) is 0. The van der Waals surface area contributed by atoms with E-state index >= 15 is 0 Å². The van der Waals surface area contributed by atoms with E-state index < -0.39 is 0 Å². The van der Waals surface area contributed by atoms with E-state index in [1.807, 2.05) is 0 Å². The first-order chi connectivity index (χ1) is 9.79. The number of hydrogen-bond donors (Lipinski definition) is 0. The molecule has 0 nitrogen and oxygen atoms in total. The van der Waals surface area contributed by atoms with Gasteiger partial charge in [0.2, 0.25) is 0 Å². The number of fused-ring (bicyclic) bond motifs is 2. The van der Waals surface area contributed by atoms with Crippen molar-refractivity contribution in [1.29, 1.82) is 0 Å². The Morgan fingerprint density at radius 2 is 2.10 bits per heavy atom. The third kappa shape index (κ3) is 1.60. The predicted molar refractivity (Wildman–Crippen MR) is 79.4 cm³/mol. The van der Waals surface area contributed by atoms with Gasteiger partial charge < -0.3 is 0 Å². The van der Waals surface area contributed by atoms with Crippen LogP contribution in [-0.2, 0) is 0 Å². The van der Waals surface area contributed by atoms with Crippen LogP contribution in [0.1, 0.15) is 77.6 Å². The zero-order valence-electron chi connectivity index (χ0n) is 13.0. The van der Waals surface area contributed by atoms with Crippen LogP contribution in [0.5, 0.6) is 0 Å². The van der Waals surface area contributed by atoms with Gasteiger partial charge in [-0.1, -0.05) is 0 Å². The molecule has 5 fully saturated rings. The Morgan fingerprint density at radius 1 is 1.20 bits per heavy atom. The van der Waals surface area contributed by atoms with Gasteiger partial charge in [-0.25, -0.2) is 0 Å². The van der Waals surface area contributed by atoms with Gasteiger partial charge in [0.05, 0.1) is 0 Å². The maximum atomic E-state index is 2.41. The van der Waals surface area contributed by atoms with E-state index in [2.05, 4.69) is 6.92 Å². The van der Waals surface area contributed by atoms with Crippen LogP contribution >= 0.6 is 0 Å². The van der Waals surface area contributed by atoms with Crippen molar-refractivity contribution >= 4 is 0 Å². The monoisotopic (exact) mass is 385 g/mol. The number of alkyl halides is 2. The van der Waals surface area contributed by atoms with E-state index in [1.165, 1.54) is 40.4 Å². The standard InChI is InChI=1S/C19H30I/c1-2-3-5-15-17-6-4-9-19(20-17)16-10-14(16)12-18(15,19)11-13-7-8-13/h13-17H,2-12H2,1H3/q-1/t14-,15-,16-,17+,18-,19?/m1/s1. The summed E-state index contributed by atoms with van der Waals surface area (Å²) in [6, 6.07) is 0. The van der Waals surface area contributed by atoms with Gasteiger partial charge >= 0.3 is 135 Å². The predicted octanol–water partition coefficient (Wildman–Crippen LogP) is 2.01. The summed E-state index contributed by atoms with van der Waals surface area (Å²) in [5, 5.41) is 0. The van der Waals surface area contributed by atoms with Crippen molar-refractivity contribution in [2.75, 3.05) is 0 Å². The Morgan fingerprint density at radius 3 is 2.90 bits per heavy atom. The van der Waals surface area contributed by atoms with Gasteiger partial charge in [0, 0.05) is 0 Å². The van der Waals surface area contributed by atoms with E-state index in [4.69, 9.17) is 0 Å². The van der Waals surface area contributed by atoms with Crippen molar-refractivity contribution in [2.24, 2.45) is 29.1 Å². The SMILES string of the molecule is CCCC[C@@H]1[C@@H]2CCCC3([I-]2)[C@@H]2C[C@@H]2C[C@]13CC1CC1. The molecule has 5 rings (SSSR count). The van der Waals surface area contributed by atoms with Crippen molar-refractivity contribution in [1.82, 2.24) is 0 Å². The van der Waals surface area contributed by atoms with Gasteiger partial charge in [0.25, 0.3) is 0 Å². The third-order valence-corrected chi connectivity index (χ3v) is 13.5. The molecule has 0 aromatic carbocycles. The summed E-state index contributed by atoms with van der Waals surface area (Å²) in [6.07, 6.45) is 17.8. The summed E-state index contributed by atoms with van der Waals surface area (Å²) in [5.41, 5.74) is 0.908. The number of halogens is 1. The molecule has 2 heterocycles. The Kier molecular flexibility index (Phi) is 2.89. The minimum atomic E-state index is 0.526. The molecule has 1 unspecified atom stereocenters. The molecule has 0 radical (unpaired) electrons. The molecule has 0 N–H and O–H groups in total. The van der Waals surface area contributed by atoms with Crippen LogP contribution in [0, 0.1) is 29.1 Å². The van der Waals surface area contributed by atoms with Gasteiger partial charge in [0.15, 0.2) is 0 Å². The molecule has 0 amide bonds. The first-order valence-electron chi connectivity index (χ1n) is 9.43. The normalized spacial score (nSPS) is 56.0. The van der Waals surface area contributed by atoms with Gasteiger partial charge in [-0.3, -0.25) is 0 Å². The molecule has 3 aliphatic carbocycles. The van der Waals surface area contributed by atoms with Gasteiger partial charge in [0.1, 0.15) is 0 Å². The van der Waals surface area contributed by atoms with E-state index in [0.29, 0.717) is 21.2 Å². The van der Waals surface area contributed by atoms with Crippen molar-refractivity contribution in [2.45, 2.75) is 84.9 Å². The molecule has 2 aliphatic heterocycles. The fourth-order valence-corrected chi connectivity index (χ4v) is 13.8. The molecule has 6 atom stereocenters. The maximum absolute atomic E-state index is 2.41. The molecule has 114 valence electrons. The zero-order valence-corrected chi connectivity index (χ0v) is 15.2. The molecular formula is C19H30I-. The molecule has 20 heavy (non-hydrogen) atoms. The fraction of sp³-hybridized carbons (Fsp3) is 1.00. The second-order valence-corrected chi connectivity index (χ2v) is 12.9. The minimum absolute atomic E-state index is 0.526. The quantitative estimate of drug-likeness (QED) is 0.502. The summed E-state index contributed by atoms with van der Waals surface area (Å²) < 4.78 is 2.25. The topological polar surface area (TPSA) is 0 Å². The number of unbranched alkanes of at least 4 members (excludes halogenated alkanes) is 1. The summed E-state index contributed by atoms with van der Waals surface area (Å²) >= 11 is 0.526. The van der Waals surface area contributed by atoms with Crippen LogP contribution in [0.15, 0.2) is 0 Å². The molecule has 5 aliphatic rings. The van der Waals surface area contributed by atoms with E-state index in [9.17, 15) is 0 Å². The molecule has 3 saturated carbocycles. The third-order valence-electron chi connectivity index (χ3n) is 7.68. The molecule has 2 bridgehead atoms. The summed E-state index contributed by atoms with van der Waals surface area (Å²) in [4.78, 5) is 0. The van der Waals surface area contributed by atoms with Crippen LogP contribution in [0.2, 0.25) is 0 Å². The summed E-state index contributed by atoms with van der Waals surface area (Å²) in [6.45, 7) is 2.41. The van der Waals surface area contributed by atoms with Gasteiger partial charge in [-0.05, 0) is 0 Å². The molecule has 0 aromatic heterocycles. The number of rotatable bonds is 5. The van der Waals surface area contributed by atoms with Crippen molar-refractivity contribution < 1.29 is 21.2 Å². The first kappa shape index (κ1) is 13.2. The molecular weight excluding hydrogens is 355 g/mol. The fourth-order valence-electron chi connectivity index (χ4n) is 6.78. The average molecular weight is 385 g/mol. The van der Waals surface area contributed by atoms with Crippen LogP contribution < -0.4 is 21.2 Å². The molecule has 0 aromatic rings. The van der Waals surface area contributed by atoms with Crippen molar-refractivity contribution in [3.05, 3.63) is 0 Å². The van der Waals surface area contributed by atoms with E-state index in [-0.39, 0.29) is 0 Å². The van der Waals surface area contributed by atoms with Gasteiger partial charge in [-0.15, -0.1) is 0 Å². The van der Waals surface area contributed by atoms with E-state index in [0.717, 1.165) is 8.84 Å². The summed E-state index contributed by atoms with van der Waals surface area (Å²) in [7, 11) is 0. The van der Waals surface area contributed by atoms with Crippen LogP contribution in [0.3, 0.4) is 0 Å². The second-order valence-electron chi connectivity index (χ2n) is 8.74. The van der Waals surface area contributed by atoms with Crippen LogP contribution in [0.4, 0.5) is 0 Å². The second kappa shape index (κ2) is 4.38.